The highest BCUT2D eigenvalue weighted by atomic mass is 19.4. The number of azide groups is 1. The molecule has 0 aliphatic carbocycles. The number of anilines is 1. The Labute approximate surface area is 102 Å². The fourth-order valence-corrected chi connectivity index (χ4v) is 2.05. The molecule has 0 aromatic heterocycles. The predicted octanol–water partition coefficient (Wildman–Crippen LogP) is 4.25. The molecule has 0 radical (unpaired) electrons. The van der Waals surface area contributed by atoms with Crippen LogP contribution in [0.5, 0.6) is 0 Å². The summed E-state index contributed by atoms with van der Waals surface area (Å²) < 4.78 is 37.7. The first-order chi connectivity index (χ1) is 8.52. The SMILES string of the molecule is [N-]=[N+]=Nc1cc(C(F)(F)F)ccc1N1CCCC1. The van der Waals surface area contributed by atoms with Crippen molar-refractivity contribution in [2.75, 3.05) is 18.0 Å². The van der Waals surface area contributed by atoms with E-state index < -0.39 is 11.7 Å². The molecule has 0 saturated carbocycles. The third kappa shape index (κ3) is 2.51. The van der Waals surface area contributed by atoms with Gasteiger partial charge in [0, 0.05) is 23.7 Å². The van der Waals surface area contributed by atoms with Gasteiger partial charge in [0.25, 0.3) is 0 Å². The molecule has 0 amide bonds. The molecule has 0 atom stereocenters. The molecule has 0 unspecified atom stereocenters. The van der Waals surface area contributed by atoms with Gasteiger partial charge in [-0.25, -0.2) is 0 Å². The minimum Gasteiger partial charge on any atom is -0.371 e. The zero-order chi connectivity index (χ0) is 13.2. The summed E-state index contributed by atoms with van der Waals surface area (Å²) >= 11 is 0. The van der Waals surface area contributed by atoms with E-state index >= 15 is 0 Å². The number of hydrogen-bond donors (Lipinski definition) is 0. The smallest absolute Gasteiger partial charge is 0.371 e. The first-order valence-electron chi connectivity index (χ1n) is 5.53. The third-order valence-electron chi connectivity index (χ3n) is 2.90. The molecule has 1 aromatic carbocycles. The molecule has 0 spiro atoms. The molecule has 0 bridgehead atoms. The summed E-state index contributed by atoms with van der Waals surface area (Å²) in [6, 6.07) is 3.29. The lowest BCUT2D eigenvalue weighted by Gasteiger charge is -2.20. The van der Waals surface area contributed by atoms with E-state index in [0.717, 1.165) is 38.1 Å². The third-order valence-corrected chi connectivity index (χ3v) is 2.90. The van der Waals surface area contributed by atoms with Crippen molar-refractivity contribution in [3.8, 4) is 0 Å². The summed E-state index contributed by atoms with van der Waals surface area (Å²) in [6.45, 7) is 1.55. The van der Waals surface area contributed by atoms with Crippen LogP contribution in [0.3, 0.4) is 0 Å². The van der Waals surface area contributed by atoms with Gasteiger partial charge in [-0.3, -0.25) is 0 Å². The second-order valence-electron chi connectivity index (χ2n) is 4.08. The van der Waals surface area contributed by atoms with E-state index in [9.17, 15) is 13.2 Å². The number of alkyl halides is 3. The normalized spacial score (nSPS) is 15.6. The summed E-state index contributed by atoms with van der Waals surface area (Å²) in [5.41, 5.74) is 8.25. The number of benzene rings is 1. The summed E-state index contributed by atoms with van der Waals surface area (Å²) in [5, 5.41) is 3.36. The van der Waals surface area contributed by atoms with Gasteiger partial charge >= 0.3 is 6.18 Å². The molecule has 18 heavy (non-hydrogen) atoms. The Hall–Kier alpha value is -1.88. The van der Waals surface area contributed by atoms with E-state index in [1.54, 1.807) is 0 Å². The molecule has 0 N–H and O–H groups in total. The van der Waals surface area contributed by atoms with Crippen LogP contribution in [0, 0.1) is 0 Å². The van der Waals surface area contributed by atoms with Crippen molar-refractivity contribution >= 4 is 11.4 Å². The lowest BCUT2D eigenvalue weighted by molar-refractivity contribution is -0.137. The van der Waals surface area contributed by atoms with E-state index in [-0.39, 0.29) is 5.69 Å². The second kappa shape index (κ2) is 4.78. The quantitative estimate of drug-likeness (QED) is 0.443. The van der Waals surface area contributed by atoms with Crippen LogP contribution in [0.2, 0.25) is 0 Å². The van der Waals surface area contributed by atoms with E-state index in [1.807, 2.05) is 4.90 Å². The maximum atomic E-state index is 12.6. The maximum absolute atomic E-state index is 12.6. The average Bonchev–Trinajstić information content (AvgIpc) is 2.81. The van der Waals surface area contributed by atoms with Crippen molar-refractivity contribution in [3.63, 3.8) is 0 Å². The van der Waals surface area contributed by atoms with Gasteiger partial charge in [0.15, 0.2) is 0 Å². The molecule has 4 nitrogen and oxygen atoms in total. The molecule has 7 heteroatoms. The van der Waals surface area contributed by atoms with Gasteiger partial charge in [0.05, 0.1) is 11.3 Å². The van der Waals surface area contributed by atoms with Gasteiger partial charge in [-0.15, -0.1) is 0 Å². The van der Waals surface area contributed by atoms with Gasteiger partial charge in [0.1, 0.15) is 0 Å². The van der Waals surface area contributed by atoms with E-state index in [4.69, 9.17) is 5.53 Å². The largest absolute Gasteiger partial charge is 0.416 e. The van der Waals surface area contributed by atoms with Crippen LogP contribution in [0.15, 0.2) is 23.3 Å². The van der Waals surface area contributed by atoms with Gasteiger partial charge < -0.3 is 4.90 Å². The summed E-state index contributed by atoms with van der Waals surface area (Å²) in [4.78, 5) is 4.53. The Morgan fingerprint density at radius 2 is 1.89 bits per heavy atom. The standard InChI is InChI=1S/C11H11F3N4/c12-11(13,14)8-3-4-10(9(7-8)16-17-15)18-5-1-2-6-18/h3-4,7H,1-2,5-6H2. The van der Waals surface area contributed by atoms with Crippen LogP contribution in [0.4, 0.5) is 24.5 Å². The number of halogens is 3. The Morgan fingerprint density at radius 1 is 1.22 bits per heavy atom. The van der Waals surface area contributed by atoms with Crippen molar-refractivity contribution in [3.05, 3.63) is 34.2 Å². The van der Waals surface area contributed by atoms with Crippen molar-refractivity contribution < 1.29 is 13.2 Å². The topological polar surface area (TPSA) is 52.0 Å². The summed E-state index contributed by atoms with van der Waals surface area (Å²) in [7, 11) is 0. The lowest BCUT2D eigenvalue weighted by Crippen LogP contribution is -2.18. The summed E-state index contributed by atoms with van der Waals surface area (Å²) in [5.74, 6) is 0. The molecule has 2 rings (SSSR count). The molecule has 1 fully saturated rings. The van der Waals surface area contributed by atoms with Crippen LogP contribution in [0.25, 0.3) is 10.4 Å². The van der Waals surface area contributed by atoms with E-state index in [1.165, 1.54) is 6.07 Å². The molecule has 96 valence electrons. The molecule has 1 aromatic rings. The molecular formula is C11H11F3N4. The molecule has 1 heterocycles. The van der Waals surface area contributed by atoms with Crippen molar-refractivity contribution in [2.24, 2.45) is 5.11 Å². The van der Waals surface area contributed by atoms with E-state index in [2.05, 4.69) is 10.0 Å². The highest BCUT2D eigenvalue weighted by Gasteiger charge is 2.31. The maximum Gasteiger partial charge on any atom is 0.416 e. The van der Waals surface area contributed by atoms with Crippen LogP contribution >= 0.6 is 0 Å². The Bertz CT molecular complexity index is 486. The molecular weight excluding hydrogens is 245 g/mol. The Morgan fingerprint density at radius 3 is 2.44 bits per heavy atom. The summed E-state index contributed by atoms with van der Waals surface area (Å²) in [6.07, 6.45) is -2.43. The Balaban J connectivity index is 2.44. The minimum atomic E-state index is -4.43. The highest BCUT2D eigenvalue weighted by molar-refractivity contribution is 5.68. The monoisotopic (exact) mass is 256 g/mol. The van der Waals surface area contributed by atoms with Crippen molar-refractivity contribution in [1.29, 1.82) is 0 Å². The van der Waals surface area contributed by atoms with Gasteiger partial charge in [-0.05, 0) is 36.6 Å². The van der Waals surface area contributed by atoms with Gasteiger partial charge in [0.2, 0.25) is 0 Å². The second-order valence-corrected chi connectivity index (χ2v) is 4.08. The van der Waals surface area contributed by atoms with Crippen molar-refractivity contribution in [2.45, 2.75) is 19.0 Å². The van der Waals surface area contributed by atoms with E-state index in [0.29, 0.717) is 5.69 Å². The Kier molecular flexibility index (Phi) is 3.34. The first kappa shape index (κ1) is 12.6. The van der Waals surface area contributed by atoms with Crippen LogP contribution < -0.4 is 4.90 Å². The number of hydrogen-bond acceptors (Lipinski definition) is 2. The molecule has 1 aliphatic heterocycles. The predicted molar refractivity (Wildman–Crippen MR) is 61.7 cm³/mol. The van der Waals surface area contributed by atoms with Gasteiger partial charge in [-0.1, -0.05) is 5.11 Å². The van der Waals surface area contributed by atoms with Gasteiger partial charge in [-0.2, -0.15) is 13.2 Å². The first-order valence-corrected chi connectivity index (χ1v) is 5.53. The van der Waals surface area contributed by atoms with Crippen LogP contribution in [0.1, 0.15) is 18.4 Å². The number of nitrogens with zero attached hydrogens (tertiary/aromatic N) is 4. The fourth-order valence-electron chi connectivity index (χ4n) is 2.05. The fraction of sp³-hybridized carbons (Fsp3) is 0.455. The molecule has 1 saturated heterocycles. The highest BCUT2D eigenvalue weighted by Crippen LogP contribution is 2.37. The molecule has 1 aliphatic rings. The van der Waals surface area contributed by atoms with Crippen LogP contribution in [-0.4, -0.2) is 13.1 Å². The number of rotatable bonds is 2. The minimum absolute atomic E-state index is 0.0363. The zero-order valence-corrected chi connectivity index (χ0v) is 9.48. The van der Waals surface area contributed by atoms with Crippen LogP contribution in [-0.2, 0) is 6.18 Å². The average molecular weight is 256 g/mol. The lowest BCUT2D eigenvalue weighted by atomic mass is 10.1. The van der Waals surface area contributed by atoms with Crippen molar-refractivity contribution in [1.82, 2.24) is 0 Å². The zero-order valence-electron chi connectivity index (χ0n) is 9.48.